The molecule has 0 aliphatic rings. The van der Waals surface area contributed by atoms with Gasteiger partial charge in [0, 0.05) is 16.2 Å². The van der Waals surface area contributed by atoms with Crippen LogP contribution in [0.3, 0.4) is 0 Å². The third-order valence-corrected chi connectivity index (χ3v) is 8.47. The van der Waals surface area contributed by atoms with Crippen molar-refractivity contribution in [1.82, 2.24) is 0 Å². The van der Waals surface area contributed by atoms with Crippen LogP contribution >= 0.6 is 0 Å². The SMILES string of the molecule is c1ccc(-c2c3ccccc3c(-c3ccc4oc(-c5cccc6c5oc5ccccc56)cc4c3)c3ccccc23)cc1. The number of hydrogen-bond acceptors (Lipinski definition) is 2. The van der Waals surface area contributed by atoms with Crippen molar-refractivity contribution >= 4 is 54.5 Å². The van der Waals surface area contributed by atoms with E-state index in [0.717, 1.165) is 44.2 Å². The van der Waals surface area contributed by atoms with Gasteiger partial charge < -0.3 is 8.83 Å². The molecule has 42 heavy (non-hydrogen) atoms. The molecule has 0 amide bonds. The molecule has 0 radical (unpaired) electrons. The maximum Gasteiger partial charge on any atom is 0.146 e. The van der Waals surface area contributed by atoms with Crippen LogP contribution in [0.1, 0.15) is 0 Å². The van der Waals surface area contributed by atoms with Crippen molar-refractivity contribution in [2.24, 2.45) is 0 Å². The van der Waals surface area contributed by atoms with E-state index in [-0.39, 0.29) is 0 Å². The highest BCUT2D eigenvalue weighted by molar-refractivity contribution is 6.21. The maximum absolute atomic E-state index is 6.44. The maximum atomic E-state index is 6.44. The Bertz CT molecular complexity index is 2400. The van der Waals surface area contributed by atoms with Crippen LogP contribution in [0.2, 0.25) is 0 Å². The average Bonchev–Trinajstić information content (AvgIpc) is 3.65. The quantitative estimate of drug-likeness (QED) is 0.210. The highest BCUT2D eigenvalue weighted by atomic mass is 16.3. The van der Waals surface area contributed by atoms with Crippen molar-refractivity contribution in [3.8, 4) is 33.6 Å². The fourth-order valence-electron chi connectivity index (χ4n) is 6.63. The molecule has 2 nitrogen and oxygen atoms in total. The van der Waals surface area contributed by atoms with Crippen LogP contribution < -0.4 is 0 Å². The van der Waals surface area contributed by atoms with E-state index in [2.05, 4.69) is 127 Å². The normalized spacial score (nSPS) is 11.8. The van der Waals surface area contributed by atoms with Crippen LogP contribution in [0.25, 0.3) is 88.0 Å². The summed E-state index contributed by atoms with van der Waals surface area (Å²) in [5.41, 5.74) is 8.47. The van der Waals surface area contributed by atoms with Crippen molar-refractivity contribution in [3.63, 3.8) is 0 Å². The topological polar surface area (TPSA) is 26.3 Å². The van der Waals surface area contributed by atoms with E-state index in [1.165, 1.54) is 43.8 Å². The summed E-state index contributed by atoms with van der Waals surface area (Å²) in [5.74, 6) is 0.806. The second-order valence-corrected chi connectivity index (χ2v) is 10.9. The number of rotatable bonds is 3. The van der Waals surface area contributed by atoms with Gasteiger partial charge in [0.1, 0.15) is 22.5 Å². The minimum Gasteiger partial charge on any atom is -0.456 e. The lowest BCUT2D eigenvalue weighted by Crippen LogP contribution is -1.90. The van der Waals surface area contributed by atoms with E-state index in [1.54, 1.807) is 0 Å². The lowest BCUT2D eigenvalue weighted by atomic mass is 9.86. The van der Waals surface area contributed by atoms with Crippen LogP contribution in [0.4, 0.5) is 0 Å². The molecule has 7 aromatic carbocycles. The first-order chi connectivity index (χ1) is 20.8. The summed E-state index contributed by atoms with van der Waals surface area (Å²) in [6.45, 7) is 0. The predicted molar refractivity (Wildman–Crippen MR) is 175 cm³/mol. The molecule has 0 unspecified atom stereocenters. The summed E-state index contributed by atoms with van der Waals surface area (Å²) < 4.78 is 12.8. The Labute approximate surface area is 242 Å². The third kappa shape index (κ3) is 3.39. The zero-order chi connectivity index (χ0) is 27.6. The fourth-order valence-corrected chi connectivity index (χ4v) is 6.63. The van der Waals surface area contributed by atoms with Crippen molar-refractivity contribution < 1.29 is 8.83 Å². The second kappa shape index (κ2) is 8.95. The van der Waals surface area contributed by atoms with Gasteiger partial charge in [-0.05, 0) is 74.1 Å². The van der Waals surface area contributed by atoms with Gasteiger partial charge in [-0.25, -0.2) is 0 Å². The van der Waals surface area contributed by atoms with E-state index in [4.69, 9.17) is 8.83 Å². The summed E-state index contributed by atoms with van der Waals surface area (Å²) in [7, 11) is 0. The first kappa shape index (κ1) is 23.1. The van der Waals surface area contributed by atoms with Crippen molar-refractivity contribution in [2.75, 3.05) is 0 Å². The van der Waals surface area contributed by atoms with Crippen LogP contribution in [0, 0.1) is 0 Å². The molecule has 2 heteroatoms. The molecule has 0 bridgehead atoms. The molecule has 0 fully saturated rings. The lowest BCUT2D eigenvalue weighted by Gasteiger charge is -2.17. The van der Waals surface area contributed by atoms with Gasteiger partial charge in [-0.3, -0.25) is 0 Å². The van der Waals surface area contributed by atoms with Gasteiger partial charge in [-0.15, -0.1) is 0 Å². The molecule has 0 spiro atoms. The van der Waals surface area contributed by atoms with Crippen LogP contribution in [0.5, 0.6) is 0 Å². The number of benzene rings is 7. The summed E-state index contributed by atoms with van der Waals surface area (Å²) in [6, 6.07) is 51.4. The zero-order valence-corrected chi connectivity index (χ0v) is 22.7. The van der Waals surface area contributed by atoms with Gasteiger partial charge in [-0.1, -0.05) is 115 Å². The van der Waals surface area contributed by atoms with Gasteiger partial charge in [0.15, 0.2) is 0 Å². The average molecular weight is 537 g/mol. The van der Waals surface area contributed by atoms with Gasteiger partial charge in [0.05, 0.1) is 5.56 Å². The number of para-hydroxylation sites is 2. The van der Waals surface area contributed by atoms with Crippen molar-refractivity contribution in [1.29, 1.82) is 0 Å². The molecule has 9 rings (SSSR count). The van der Waals surface area contributed by atoms with Gasteiger partial charge in [0.25, 0.3) is 0 Å². The van der Waals surface area contributed by atoms with E-state index < -0.39 is 0 Å². The standard InChI is InChI=1S/C40H24O2/c1-2-11-25(12-3-1)38-29-14-4-6-16-31(29)39(32-17-7-5-15-30(32)38)26-21-22-35-27(23-26)24-37(41-35)34-19-10-18-33-28-13-8-9-20-36(28)42-40(33)34/h1-24H. The number of fused-ring (bicyclic) bond motifs is 6. The van der Waals surface area contributed by atoms with E-state index in [9.17, 15) is 0 Å². The second-order valence-electron chi connectivity index (χ2n) is 10.9. The Morgan fingerprint density at radius 1 is 0.357 bits per heavy atom. The molecular formula is C40H24O2. The molecule has 0 saturated carbocycles. The molecule has 2 heterocycles. The van der Waals surface area contributed by atoms with Crippen LogP contribution in [-0.2, 0) is 0 Å². The minimum atomic E-state index is 0.806. The monoisotopic (exact) mass is 536 g/mol. The molecule has 196 valence electrons. The summed E-state index contributed by atoms with van der Waals surface area (Å²) in [6.07, 6.45) is 0. The summed E-state index contributed by atoms with van der Waals surface area (Å²) >= 11 is 0. The van der Waals surface area contributed by atoms with Gasteiger partial charge in [0.2, 0.25) is 0 Å². The molecular weight excluding hydrogens is 512 g/mol. The Balaban J connectivity index is 1.27. The predicted octanol–water partition coefficient (Wildman–Crippen LogP) is 11.6. The smallest absolute Gasteiger partial charge is 0.146 e. The Kier molecular flexibility index (Phi) is 4.93. The number of furan rings is 2. The largest absolute Gasteiger partial charge is 0.456 e. The van der Waals surface area contributed by atoms with Gasteiger partial charge >= 0.3 is 0 Å². The summed E-state index contributed by atoms with van der Waals surface area (Å²) in [4.78, 5) is 0. The van der Waals surface area contributed by atoms with E-state index in [0.29, 0.717) is 0 Å². The molecule has 2 aromatic heterocycles. The Morgan fingerprint density at radius 3 is 1.67 bits per heavy atom. The first-order valence-corrected chi connectivity index (χ1v) is 14.3. The minimum absolute atomic E-state index is 0.806. The van der Waals surface area contributed by atoms with E-state index in [1.807, 2.05) is 18.2 Å². The number of hydrogen-bond donors (Lipinski definition) is 0. The molecule has 9 aromatic rings. The molecule has 0 N–H and O–H groups in total. The molecule has 0 aliphatic heterocycles. The fraction of sp³-hybridized carbons (Fsp3) is 0. The van der Waals surface area contributed by atoms with Crippen molar-refractivity contribution in [2.45, 2.75) is 0 Å². The van der Waals surface area contributed by atoms with Crippen LogP contribution in [-0.4, -0.2) is 0 Å². The third-order valence-electron chi connectivity index (χ3n) is 8.47. The Morgan fingerprint density at radius 2 is 0.952 bits per heavy atom. The van der Waals surface area contributed by atoms with Gasteiger partial charge in [-0.2, -0.15) is 0 Å². The highest BCUT2D eigenvalue weighted by Crippen LogP contribution is 2.45. The zero-order valence-electron chi connectivity index (χ0n) is 22.7. The molecule has 0 saturated heterocycles. The van der Waals surface area contributed by atoms with Crippen molar-refractivity contribution in [3.05, 3.63) is 146 Å². The molecule has 0 aliphatic carbocycles. The Hall–Kier alpha value is -5.60. The lowest BCUT2D eigenvalue weighted by molar-refractivity contribution is 0.626. The van der Waals surface area contributed by atoms with Crippen LogP contribution in [0.15, 0.2) is 154 Å². The first-order valence-electron chi connectivity index (χ1n) is 14.3. The highest BCUT2D eigenvalue weighted by Gasteiger charge is 2.18. The van der Waals surface area contributed by atoms with E-state index >= 15 is 0 Å². The molecule has 0 atom stereocenters. The summed E-state index contributed by atoms with van der Waals surface area (Å²) in [5, 5.41) is 8.27.